The average molecular weight is 273 g/mol. The molecule has 5 heteroatoms. The molecule has 0 aromatic rings. The van der Waals surface area contributed by atoms with E-state index in [1.54, 1.807) is 0 Å². The van der Waals surface area contributed by atoms with E-state index in [0.29, 0.717) is 0 Å². The zero-order chi connectivity index (χ0) is 14.0. The van der Waals surface area contributed by atoms with E-state index in [-0.39, 0.29) is 0 Å². The van der Waals surface area contributed by atoms with Crippen molar-refractivity contribution in [3.05, 3.63) is 0 Å². The quantitative estimate of drug-likeness (QED) is 0.256. The molecule has 0 saturated heterocycles. The second kappa shape index (κ2) is 17.8. The minimum absolute atomic E-state index is 0.787. The molecule has 116 valence electrons. The van der Waals surface area contributed by atoms with E-state index in [0.717, 1.165) is 65.2 Å². The number of unbranched alkanes of at least 4 members (excludes halogenated alkanes) is 2. The summed E-state index contributed by atoms with van der Waals surface area (Å²) in [4.78, 5) is 0. The predicted molar refractivity (Wildman–Crippen MR) is 84.4 cm³/mol. The molecule has 0 atom stereocenters. The van der Waals surface area contributed by atoms with Gasteiger partial charge in [0, 0.05) is 0 Å². The Morgan fingerprint density at radius 1 is 0.421 bits per heavy atom. The molecule has 0 heterocycles. The first kappa shape index (κ1) is 18.8. The van der Waals surface area contributed by atoms with Crippen molar-refractivity contribution in [3.63, 3.8) is 0 Å². The molecule has 0 amide bonds. The predicted octanol–water partition coefficient (Wildman–Crippen LogP) is 0.0132. The Labute approximate surface area is 119 Å². The van der Waals surface area contributed by atoms with E-state index >= 15 is 0 Å². The van der Waals surface area contributed by atoms with Gasteiger partial charge >= 0.3 is 0 Å². The molecule has 0 fully saturated rings. The fraction of sp³-hybridized carbons (Fsp3) is 1.00. The van der Waals surface area contributed by atoms with E-state index in [1.807, 2.05) is 0 Å². The summed E-state index contributed by atoms with van der Waals surface area (Å²) < 4.78 is 0. The maximum absolute atomic E-state index is 5.44. The summed E-state index contributed by atoms with van der Waals surface area (Å²) in [7, 11) is 0. The molecular formula is C14H35N5. The monoisotopic (exact) mass is 273 g/mol. The first-order valence-corrected chi connectivity index (χ1v) is 7.94. The maximum atomic E-state index is 5.44. The van der Waals surface area contributed by atoms with Crippen molar-refractivity contribution in [1.29, 1.82) is 0 Å². The zero-order valence-electron chi connectivity index (χ0n) is 12.6. The van der Waals surface area contributed by atoms with Crippen LogP contribution in [-0.4, -0.2) is 52.4 Å². The second-order valence-corrected chi connectivity index (χ2v) is 4.95. The molecular weight excluding hydrogens is 238 g/mol. The molecule has 0 bridgehead atoms. The highest BCUT2D eigenvalue weighted by Crippen LogP contribution is 1.86. The van der Waals surface area contributed by atoms with Crippen LogP contribution >= 0.6 is 0 Å². The third kappa shape index (κ3) is 17.8. The topological polar surface area (TPSA) is 88.1 Å². The van der Waals surface area contributed by atoms with Crippen molar-refractivity contribution < 1.29 is 0 Å². The van der Waals surface area contributed by atoms with Gasteiger partial charge < -0.3 is 27.4 Å². The molecule has 19 heavy (non-hydrogen) atoms. The van der Waals surface area contributed by atoms with Crippen LogP contribution in [0.1, 0.15) is 38.5 Å². The summed E-state index contributed by atoms with van der Waals surface area (Å²) in [6, 6.07) is 0. The Morgan fingerprint density at radius 2 is 0.789 bits per heavy atom. The van der Waals surface area contributed by atoms with Crippen LogP contribution in [0.3, 0.4) is 0 Å². The number of hydrogen-bond donors (Lipinski definition) is 5. The normalized spacial score (nSPS) is 11.1. The van der Waals surface area contributed by atoms with Gasteiger partial charge in [-0.1, -0.05) is 0 Å². The summed E-state index contributed by atoms with van der Waals surface area (Å²) in [5.41, 5.74) is 10.9. The van der Waals surface area contributed by atoms with Crippen molar-refractivity contribution in [3.8, 4) is 0 Å². The van der Waals surface area contributed by atoms with Crippen LogP contribution in [0.15, 0.2) is 0 Å². The third-order valence-corrected chi connectivity index (χ3v) is 3.03. The van der Waals surface area contributed by atoms with Gasteiger partial charge in [0.15, 0.2) is 0 Å². The van der Waals surface area contributed by atoms with Gasteiger partial charge in [0.25, 0.3) is 0 Å². The summed E-state index contributed by atoms with van der Waals surface area (Å²) in [6.07, 6.45) is 7.11. The lowest BCUT2D eigenvalue weighted by atomic mass is 10.3. The highest BCUT2D eigenvalue weighted by molar-refractivity contribution is 4.55. The van der Waals surface area contributed by atoms with Gasteiger partial charge in [-0.25, -0.2) is 0 Å². The van der Waals surface area contributed by atoms with E-state index in [9.17, 15) is 0 Å². The number of rotatable bonds is 16. The van der Waals surface area contributed by atoms with Crippen LogP contribution in [-0.2, 0) is 0 Å². The molecule has 0 aliphatic carbocycles. The number of nitrogens with two attached hydrogens (primary N) is 2. The lowest BCUT2D eigenvalue weighted by Gasteiger charge is -2.07. The minimum Gasteiger partial charge on any atom is -0.330 e. The van der Waals surface area contributed by atoms with Crippen LogP contribution in [0.4, 0.5) is 0 Å². The highest BCUT2D eigenvalue weighted by atomic mass is 14.9. The van der Waals surface area contributed by atoms with Gasteiger partial charge in [0.05, 0.1) is 0 Å². The minimum atomic E-state index is 0.787. The first-order valence-electron chi connectivity index (χ1n) is 7.94. The summed E-state index contributed by atoms with van der Waals surface area (Å²) in [5, 5.41) is 10.3. The van der Waals surface area contributed by atoms with Gasteiger partial charge in [-0.3, -0.25) is 0 Å². The Balaban J connectivity index is 2.88. The SMILES string of the molecule is NCCCCNCCCNCCCCNCCCN. The Kier molecular flexibility index (Phi) is 17.6. The Hall–Kier alpha value is -0.200. The van der Waals surface area contributed by atoms with Crippen LogP contribution in [0.5, 0.6) is 0 Å². The lowest BCUT2D eigenvalue weighted by molar-refractivity contribution is 0.550. The van der Waals surface area contributed by atoms with Crippen molar-refractivity contribution in [2.75, 3.05) is 52.4 Å². The standard InChI is InChI=1S/C14H35N5/c15-7-1-2-9-18-13-6-14-19-11-4-3-10-17-12-5-8-16/h17-19H,1-16H2. The summed E-state index contributed by atoms with van der Waals surface area (Å²) >= 11 is 0. The van der Waals surface area contributed by atoms with E-state index in [1.165, 1.54) is 25.7 Å². The van der Waals surface area contributed by atoms with E-state index < -0.39 is 0 Å². The third-order valence-electron chi connectivity index (χ3n) is 3.03. The van der Waals surface area contributed by atoms with Crippen molar-refractivity contribution in [1.82, 2.24) is 16.0 Å². The van der Waals surface area contributed by atoms with Crippen LogP contribution in [0.25, 0.3) is 0 Å². The van der Waals surface area contributed by atoms with Gasteiger partial charge in [-0.15, -0.1) is 0 Å². The van der Waals surface area contributed by atoms with Crippen LogP contribution < -0.4 is 27.4 Å². The molecule has 0 spiro atoms. The molecule has 0 unspecified atom stereocenters. The molecule has 0 aliphatic heterocycles. The van der Waals surface area contributed by atoms with Crippen LogP contribution in [0.2, 0.25) is 0 Å². The molecule has 0 radical (unpaired) electrons. The second-order valence-electron chi connectivity index (χ2n) is 4.95. The van der Waals surface area contributed by atoms with Gasteiger partial charge in [-0.2, -0.15) is 0 Å². The van der Waals surface area contributed by atoms with Crippen molar-refractivity contribution in [2.24, 2.45) is 11.5 Å². The van der Waals surface area contributed by atoms with Gasteiger partial charge in [-0.05, 0) is 90.9 Å². The Bertz CT molecular complexity index is 139. The largest absolute Gasteiger partial charge is 0.330 e. The summed E-state index contributed by atoms with van der Waals surface area (Å²) in [6.45, 7) is 8.23. The average Bonchev–Trinajstić information content (AvgIpc) is 2.43. The van der Waals surface area contributed by atoms with Gasteiger partial charge in [0.1, 0.15) is 0 Å². The van der Waals surface area contributed by atoms with Crippen molar-refractivity contribution in [2.45, 2.75) is 38.5 Å². The highest BCUT2D eigenvalue weighted by Gasteiger charge is 1.91. The molecule has 0 rings (SSSR count). The fourth-order valence-corrected chi connectivity index (χ4v) is 1.83. The van der Waals surface area contributed by atoms with E-state index in [4.69, 9.17) is 11.5 Å². The molecule has 0 aliphatic rings. The molecule has 5 nitrogen and oxygen atoms in total. The fourth-order valence-electron chi connectivity index (χ4n) is 1.83. The Morgan fingerprint density at radius 3 is 1.26 bits per heavy atom. The molecule has 0 saturated carbocycles. The number of nitrogens with one attached hydrogen (secondary N) is 3. The lowest BCUT2D eigenvalue weighted by Crippen LogP contribution is -2.24. The zero-order valence-corrected chi connectivity index (χ0v) is 12.6. The van der Waals surface area contributed by atoms with Crippen LogP contribution in [0, 0.1) is 0 Å². The first-order chi connectivity index (χ1) is 9.41. The maximum Gasteiger partial charge on any atom is -0.00368 e. The van der Waals surface area contributed by atoms with E-state index in [2.05, 4.69) is 16.0 Å². The molecule has 0 aromatic carbocycles. The summed E-state index contributed by atoms with van der Waals surface area (Å²) in [5.74, 6) is 0. The van der Waals surface area contributed by atoms with Gasteiger partial charge in [0.2, 0.25) is 0 Å². The molecule has 7 N–H and O–H groups in total. The number of hydrogen-bond acceptors (Lipinski definition) is 5. The smallest absolute Gasteiger partial charge is 0.00368 e. The molecule has 0 aromatic heterocycles. The van der Waals surface area contributed by atoms with Crippen molar-refractivity contribution >= 4 is 0 Å².